The Hall–Kier alpha value is -2.18. The van der Waals surface area contributed by atoms with E-state index in [0.29, 0.717) is 25.9 Å². The van der Waals surface area contributed by atoms with Gasteiger partial charge >= 0.3 is 5.97 Å². The van der Waals surface area contributed by atoms with E-state index in [0.717, 1.165) is 57.8 Å². The number of carbonyl (C=O) groups excluding carboxylic acids is 2. The molecule has 0 aliphatic rings. The minimum Gasteiger partial charge on any atom is -0.466 e. The lowest BCUT2D eigenvalue weighted by atomic mass is 10.0. The summed E-state index contributed by atoms with van der Waals surface area (Å²) < 4.78 is 5.50. The quantitative estimate of drug-likeness (QED) is 0.0320. The fourth-order valence-corrected chi connectivity index (χ4v) is 12.9. The van der Waals surface area contributed by atoms with Crippen LogP contribution in [0.2, 0.25) is 0 Å². The lowest BCUT2D eigenvalue weighted by molar-refractivity contribution is -0.143. The van der Waals surface area contributed by atoms with Gasteiger partial charge in [-0.15, -0.1) is 0 Å². The van der Waals surface area contributed by atoms with Crippen molar-refractivity contribution in [1.82, 2.24) is 5.32 Å². The van der Waals surface area contributed by atoms with Gasteiger partial charge in [0.25, 0.3) is 0 Å². The van der Waals surface area contributed by atoms with Crippen molar-refractivity contribution in [3.63, 3.8) is 0 Å². The van der Waals surface area contributed by atoms with Crippen LogP contribution < -0.4 is 5.32 Å². The third-order valence-electron chi connectivity index (χ3n) is 19.1. The number of aliphatic hydroxyl groups is 2. The first-order chi connectivity index (χ1) is 44.5. The molecule has 2 unspecified atom stereocenters. The molecule has 0 radical (unpaired) electrons. The SMILES string of the molecule is CCCCC/C=C\C/C=C\CCCCCCCCCC(=O)OCCCCCCCCCCC/C=C\C/C=C\CCCCCCCCCCCCCCCCCC(=O)NC(CO)C(O)CCCCCCCCCCCCCCCCCCCCCCCCCCC. The number of rotatable bonds is 77. The number of unbranched alkanes of at least 4 members (excludes halogenated alkanes) is 58. The summed E-state index contributed by atoms with van der Waals surface area (Å²) in [5, 5.41) is 23.5. The van der Waals surface area contributed by atoms with E-state index in [-0.39, 0.29) is 18.5 Å². The van der Waals surface area contributed by atoms with Crippen molar-refractivity contribution in [1.29, 1.82) is 0 Å². The highest BCUT2D eigenvalue weighted by molar-refractivity contribution is 5.76. The second-order valence-corrected chi connectivity index (χ2v) is 28.1. The molecule has 90 heavy (non-hydrogen) atoms. The maximum atomic E-state index is 12.6. The van der Waals surface area contributed by atoms with Gasteiger partial charge in [0, 0.05) is 12.8 Å². The topological polar surface area (TPSA) is 95.9 Å². The summed E-state index contributed by atoms with van der Waals surface area (Å²) in [4.78, 5) is 24.7. The van der Waals surface area contributed by atoms with Crippen molar-refractivity contribution in [3.05, 3.63) is 48.6 Å². The smallest absolute Gasteiger partial charge is 0.305 e. The summed E-state index contributed by atoms with van der Waals surface area (Å²) in [7, 11) is 0. The standard InChI is InChI=1S/C84H159NO5/c1-3-5-7-9-11-13-15-17-19-21-22-23-24-32-35-38-41-45-48-52-56-60-64-68-72-76-82(87)81(80-86)85-83(88)77-73-69-65-61-57-53-49-46-42-39-36-33-30-28-26-25-27-29-31-34-37-40-43-47-51-55-59-63-67-71-75-79-90-84(89)78-74-70-66-62-58-54-50-44-20-18-16-14-12-10-8-6-4-2/h12,14,18,20,27,29,34,37,81-82,86-87H,3-11,13,15-17,19,21-26,28,30-33,35-36,38-80H2,1-2H3,(H,85,88)/b14-12-,20-18-,29-27-,37-34-. The van der Waals surface area contributed by atoms with Crippen molar-refractivity contribution in [3.8, 4) is 0 Å². The van der Waals surface area contributed by atoms with Gasteiger partial charge in [-0.1, -0.05) is 396 Å². The molecule has 0 bridgehead atoms. The normalized spacial score (nSPS) is 12.7. The van der Waals surface area contributed by atoms with Crippen LogP contribution in [0.1, 0.15) is 450 Å². The van der Waals surface area contributed by atoms with Crippen LogP contribution in [0.3, 0.4) is 0 Å². The maximum absolute atomic E-state index is 12.6. The highest BCUT2D eigenvalue weighted by Crippen LogP contribution is 2.20. The highest BCUT2D eigenvalue weighted by Gasteiger charge is 2.20. The number of nitrogens with one attached hydrogen (secondary N) is 1. The number of allylic oxidation sites excluding steroid dienone is 8. The largest absolute Gasteiger partial charge is 0.466 e. The summed E-state index contributed by atoms with van der Waals surface area (Å²) in [5.41, 5.74) is 0. The van der Waals surface area contributed by atoms with Gasteiger partial charge in [-0.2, -0.15) is 0 Å². The molecule has 2 atom stereocenters. The van der Waals surface area contributed by atoms with Crippen LogP contribution in [0, 0.1) is 0 Å². The van der Waals surface area contributed by atoms with Gasteiger partial charge in [-0.05, 0) is 89.9 Å². The van der Waals surface area contributed by atoms with Crippen LogP contribution in [0.5, 0.6) is 0 Å². The molecule has 0 aromatic rings. The summed E-state index contributed by atoms with van der Waals surface area (Å²) in [6.07, 6.45) is 105. The number of ether oxygens (including phenoxy) is 1. The van der Waals surface area contributed by atoms with E-state index >= 15 is 0 Å². The van der Waals surface area contributed by atoms with Gasteiger partial charge in [-0.3, -0.25) is 9.59 Å². The number of hydrogen-bond acceptors (Lipinski definition) is 5. The zero-order chi connectivity index (χ0) is 64.9. The highest BCUT2D eigenvalue weighted by atomic mass is 16.5. The second kappa shape index (κ2) is 79.3. The Bertz CT molecular complexity index is 1500. The molecule has 0 fully saturated rings. The minimum atomic E-state index is -0.666. The van der Waals surface area contributed by atoms with Crippen LogP contribution in [0.15, 0.2) is 48.6 Å². The Morgan fingerprint density at radius 2 is 0.556 bits per heavy atom. The predicted octanol–water partition coefficient (Wildman–Crippen LogP) is 27.2. The van der Waals surface area contributed by atoms with Crippen molar-refractivity contribution in [2.24, 2.45) is 0 Å². The molecule has 0 saturated carbocycles. The molecule has 0 aliphatic heterocycles. The van der Waals surface area contributed by atoms with E-state index in [1.807, 2.05) is 0 Å². The molecular weight excluding hydrogens is 1100 g/mol. The van der Waals surface area contributed by atoms with Crippen LogP contribution in [0.25, 0.3) is 0 Å². The number of carbonyl (C=O) groups is 2. The lowest BCUT2D eigenvalue weighted by Gasteiger charge is -2.22. The number of hydrogen-bond donors (Lipinski definition) is 3. The molecule has 3 N–H and O–H groups in total. The Kier molecular flexibility index (Phi) is 77.3. The van der Waals surface area contributed by atoms with Gasteiger partial charge in [-0.25, -0.2) is 0 Å². The lowest BCUT2D eigenvalue weighted by Crippen LogP contribution is -2.45. The van der Waals surface area contributed by atoms with Gasteiger partial charge < -0.3 is 20.3 Å². The molecule has 0 rings (SSSR count). The molecule has 0 aromatic carbocycles. The Morgan fingerprint density at radius 1 is 0.311 bits per heavy atom. The summed E-state index contributed by atoms with van der Waals surface area (Å²) in [6.45, 7) is 4.97. The van der Waals surface area contributed by atoms with Crippen LogP contribution in [-0.2, 0) is 14.3 Å². The zero-order valence-electron chi connectivity index (χ0n) is 60.9. The molecule has 6 nitrogen and oxygen atoms in total. The van der Waals surface area contributed by atoms with Crippen molar-refractivity contribution in [2.75, 3.05) is 13.2 Å². The van der Waals surface area contributed by atoms with E-state index < -0.39 is 12.1 Å². The third kappa shape index (κ3) is 74.9. The molecule has 0 spiro atoms. The monoisotopic (exact) mass is 1260 g/mol. The molecule has 1 amide bonds. The van der Waals surface area contributed by atoms with Gasteiger partial charge in [0.2, 0.25) is 5.91 Å². The Balaban J connectivity index is 3.39. The van der Waals surface area contributed by atoms with Gasteiger partial charge in [0.05, 0.1) is 25.4 Å². The second-order valence-electron chi connectivity index (χ2n) is 28.1. The minimum absolute atomic E-state index is 0.00605. The van der Waals surface area contributed by atoms with E-state index in [2.05, 4.69) is 67.8 Å². The average Bonchev–Trinajstić information content (AvgIpc) is 3.69. The van der Waals surface area contributed by atoms with Crippen LogP contribution in [0.4, 0.5) is 0 Å². The van der Waals surface area contributed by atoms with Crippen molar-refractivity contribution in [2.45, 2.75) is 463 Å². The maximum Gasteiger partial charge on any atom is 0.305 e. The van der Waals surface area contributed by atoms with E-state index in [9.17, 15) is 19.8 Å². The summed E-state index contributed by atoms with van der Waals surface area (Å²) in [5.74, 6) is -0.0231. The molecule has 0 aromatic heterocycles. The molecule has 6 heteroatoms. The van der Waals surface area contributed by atoms with Crippen LogP contribution in [-0.4, -0.2) is 47.4 Å². The first kappa shape index (κ1) is 87.8. The number of esters is 1. The summed E-state index contributed by atoms with van der Waals surface area (Å²) in [6, 6.07) is -0.544. The summed E-state index contributed by atoms with van der Waals surface area (Å²) >= 11 is 0. The fourth-order valence-electron chi connectivity index (χ4n) is 12.9. The average molecular weight is 1260 g/mol. The molecule has 0 heterocycles. The molecule has 0 saturated heterocycles. The van der Waals surface area contributed by atoms with Gasteiger partial charge in [0.15, 0.2) is 0 Å². The first-order valence-electron chi connectivity index (χ1n) is 40.9. The van der Waals surface area contributed by atoms with Gasteiger partial charge in [0.1, 0.15) is 0 Å². The number of amides is 1. The third-order valence-corrected chi connectivity index (χ3v) is 19.1. The molecule has 0 aliphatic carbocycles. The molecular formula is C84H159NO5. The number of aliphatic hydroxyl groups excluding tert-OH is 2. The Morgan fingerprint density at radius 3 is 0.867 bits per heavy atom. The van der Waals surface area contributed by atoms with E-state index in [4.69, 9.17) is 4.74 Å². The van der Waals surface area contributed by atoms with E-state index in [1.54, 1.807) is 0 Å². The molecule has 530 valence electrons. The first-order valence-corrected chi connectivity index (χ1v) is 40.9. The van der Waals surface area contributed by atoms with Crippen molar-refractivity contribution < 1.29 is 24.5 Å². The fraction of sp³-hybridized carbons (Fsp3) is 0.881. The van der Waals surface area contributed by atoms with E-state index in [1.165, 1.54) is 360 Å². The Labute approximate surface area is 563 Å². The zero-order valence-corrected chi connectivity index (χ0v) is 60.9. The van der Waals surface area contributed by atoms with Crippen molar-refractivity contribution >= 4 is 11.9 Å². The van der Waals surface area contributed by atoms with Crippen LogP contribution >= 0.6 is 0 Å². The predicted molar refractivity (Wildman–Crippen MR) is 398 cm³/mol.